The third-order valence-corrected chi connectivity index (χ3v) is 5.89. The van der Waals surface area contributed by atoms with Crippen molar-refractivity contribution in [2.24, 2.45) is 12.0 Å². The number of nitrogens with zero attached hydrogens (tertiary/aromatic N) is 6. The molecule has 0 spiro atoms. The molecule has 1 fully saturated rings. The van der Waals surface area contributed by atoms with Crippen molar-refractivity contribution in [1.82, 2.24) is 29.9 Å². The first-order valence-electron chi connectivity index (χ1n) is 11.4. The van der Waals surface area contributed by atoms with Gasteiger partial charge in [-0.15, -0.1) is 34.2 Å². The molecule has 9 nitrogen and oxygen atoms in total. The minimum atomic E-state index is 0. The smallest absolute Gasteiger partial charge is 0.194 e. The second kappa shape index (κ2) is 13.6. The minimum absolute atomic E-state index is 0. The van der Waals surface area contributed by atoms with Crippen LogP contribution in [0.25, 0.3) is 0 Å². The van der Waals surface area contributed by atoms with Crippen molar-refractivity contribution >= 4 is 29.9 Å². The number of hydrogen-bond donors (Lipinski definition) is 1. The summed E-state index contributed by atoms with van der Waals surface area (Å²) < 4.78 is 12.8. The quantitative estimate of drug-likeness (QED) is 0.215. The molecule has 1 aliphatic rings. The third kappa shape index (κ3) is 7.46. The van der Waals surface area contributed by atoms with Crippen LogP contribution in [-0.4, -0.2) is 77.5 Å². The molecule has 33 heavy (non-hydrogen) atoms. The molecule has 1 aliphatic heterocycles. The lowest BCUT2D eigenvalue weighted by Crippen LogP contribution is -2.52. The van der Waals surface area contributed by atoms with Crippen molar-refractivity contribution in [1.29, 1.82) is 0 Å². The second-order valence-electron chi connectivity index (χ2n) is 8.10. The van der Waals surface area contributed by atoms with Gasteiger partial charge >= 0.3 is 0 Å². The molecular weight excluding hydrogens is 533 g/mol. The van der Waals surface area contributed by atoms with E-state index in [1.165, 1.54) is 5.56 Å². The van der Waals surface area contributed by atoms with Crippen LogP contribution >= 0.6 is 24.0 Å². The lowest BCUT2D eigenvalue weighted by Gasteiger charge is -2.36. The van der Waals surface area contributed by atoms with Crippen molar-refractivity contribution < 1.29 is 9.47 Å². The Bertz CT molecular complexity index is 895. The van der Waals surface area contributed by atoms with E-state index >= 15 is 0 Å². The summed E-state index contributed by atoms with van der Waals surface area (Å²) in [6, 6.07) is 6.14. The van der Waals surface area contributed by atoms with Crippen LogP contribution in [0.2, 0.25) is 0 Å². The lowest BCUT2D eigenvalue weighted by atomic mass is 10.1. The van der Waals surface area contributed by atoms with Gasteiger partial charge in [-0.05, 0) is 31.0 Å². The molecule has 1 aromatic carbocycles. The summed E-state index contributed by atoms with van der Waals surface area (Å²) in [6.45, 7) is 10.3. The molecular formula is C23H38IN7O2. The molecule has 0 amide bonds. The maximum absolute atomic E-state index is 5.45. The van der Waals surface area contributed by atoms with Crippen LogP contribution in [0.15, 0.2) is 23.2 Å². The number of unbranched alkanes of at least 4 members (excludes halogenated alkanes) is 1. The SMILES string of the molecule is CCCCNC(=NCc1nnc(C)n1C)N1CCN(Cc2ccc(OC)c(OC)c2)CC1.I. The molecule has 2 heterocycles. The number of hydrogen-bond acceptors (Lipinski definition) is 6. The van der Waals surface area contributed by atoms with Crippen molar-refractivity contribution in [2.75, 3.05) is 46.9 Å². The number of halogens is 1. The molecule has 1 N–H and O–H groups in total. The number of nitrogens with one attached hydrogen (secondary N) is 1. The number of methoxy groups -OCH3 is 2. The Morgan fingerprint density at radius 1 is 1.09 bits per heavy atom. The third-order valence-electron chi connectivity index (χ3n) is 5.89. The van der Waals surface area contributed by atoms with E-state index in [1.807, 2.05) is 24.6 Å². The molecule has 1 aromatic heterocycles. The van der Waals surface area contributed by atoms with Crippen LogP contribution in [0.5, 0.6) is 11.5 Å². The predicted molar refractivity (Wildman–Crippen MR) is 142 cm³/mol. The topological polar surface area (TPSA) is 80.0 Å². The van der Waals surface area contributed by atoms with Crippen LogP contribution < -0.4 is 14.8 Å². The van der Waals surface area contributed by atoms with E-state index < -0.39 is 0 Å². The van der Waals surface area contributed by atoms with Gasteiger partial charge in [0.15, 0.2) is 23.3 Å². The van der Waals surface area contributed by atoms with Crippen molar-refractivity contribution in [3.8, 4) is 11.5 Å². The zero-order valence-electron chi connectivity index (χ0n) is 20.5. The predicted octanol–water partition coefficient (Wildman–Crippen LogP) is 2.82. The van der Waals surface area contributed by atoms with Gasteiger partial charge in [0, 0.05) is 46.3 Å². The van der Waals surface area contributed by atoms with Gasteiger partial charge in [0.05, 0.1) is 14.2 Å². The van der Waals surface area contributed by atoms with E-state index in [1.54, 1.807) is 14.2 Å². The summed E-state index contributed by atoms with van der Waals surface area (Å²) in [6.07, 6.45) is 2.28. The van der Waals surface area contributed by atoms with Gasteiger partial charge in [-0.3, -0.25) is 4.90 Å². The summed E-state index contributed by atoms with van der Waals surface area (Å²) in [5, 5.41) is 11.9. The van der Waals surface area contributed by atoms with Crippen molar-refractivity contribution in [3.05, 3.63) is 35.4 Å². The Morgan fingerprint density at radius 3 is 2.42 bits per heavy atom. The van der Waals surface area contributed by atoms with Crippen LogP contribution in [0, 0.1) is 6.92 Å². The van der Waals surface area contributed by atoms with Crippen molar-refractivity contribution in [3.63, 3.8) is 0 Å². The van der Waals surface area contributed by atoms with Gasteiger partial charge < -0.3 is 24.3 Å². The molecule has 0 saturated carbocycles. The summed E-state index contributed by atoms with van der Waals surface area (Å²) >= 11 is 0. The Kier molecular flexibility index (Phi) is 11.2. The number of aryl methyl sites for hydroxylation is 1. The van der Waals surface area contributed by atoms with Gasteiger partial charge in [-0.2, -0.15) is 0 Å². The highest BCUT2D eigenvalue weighted by molar-refractivity contribution is 14.0. The highest BCUT2D eigenvalue weighted by Crippen LogP contribution is 2.28. The fourth-order valence-electron chi connectivity index (χ4n) is 3.73. The molecule has 0 radical (unpaired) electrons. The maximum atomic E-state index is 5.45. The van der Waals surface area contributed by atoms with Gasteiger partial charge in [-0.1, -0.05) is 19.4 Å². The van der Waals surface area contributed by atoms with Crippen LogP contribution in [-0.2, 0) is 20.1 Å². The molecule has 1 saturated heterocycles. The Morgan fingerprint density at radius 2 is 1.82 bits per heavy atom. The van der Waals surface area contributed by atoms with E-state index in [-0.39, 0.29) is 24.0 Å². The minimum Gasteiger partial charge on any atom is -0.493 e. The molecule has 0 aliphatic carbocycles. The first kappa shape index (κ1) is 27.2. The van der Waals surface area contributed by atoms with Crippen LogP contribution in [0.4, 0.5) is 0 Å². The highest BCUT2D eigenvalue weighted by atomic mass is 127. The zero-order chi connectivity index (χ0) is 22.9. The standard InChI is InChI=1S/C23H37N7O2.HI/c1-6-7-10-24-23(25-16-22-27-26-18(2)28(22)3)30-13-11-29(12-14-30)17-19-8-9-20(31-4)21(15-19)32-5;/h8-9,15H,6-7,10-14,16-17H2,1-5H3,(H,24,25);1H. The number of benzene rings is 1. The van der Waals surface area contributed by atoms with Crippen LogP contribution in [0.1, 0.15) is 37.0 Å². The molecule has 10 heteroatoms. The average molecular weight is 572 g/mol. The average Bonchev–Trinajstić information content (AvgIpc) is 3.14. The fourth-order valence-corrected chi connectivity index (χ4v) is 3.73. The van der Waals surface area contributed by atoms with E-state index in [4.69, 9.17) is 14.5 Å². The zero-order valence-corrected chi connectivity index (χ0v) is 22.8. The van der Waals surface area contributed by atoms with Gasteiger partial charge in [0.2, 0.25) is 0 Å². The number of rotatable bonds is 9. The number of aliphatic imine (C=N–C) groups is 1. The Balaban J connectivity index is 0.00000385. The van der Waals surface area contributed by atoms with Gasteiger partial charge in [-0.25, -0.2) is 4.99 Å². The largest absolute Gasteiger partial charge is 0.493 e. The summed E-state index contributed by atoms with van der Waals surface area (Å²) in [5.41, 5.74) is 1.23. The molecule has 0 unspecified atom stereocenters. The number of ether oxygens (including phenoxy) is 2. The highest BCUT2D eigenvalue weighted by Gasteiger charge is 2.20. The molecule has 0 bridgehead atoms. The summed E-state index contributed by atoms with van der Waals surface area (Å²) in [4.78, 5) is 9.69. The normalized spacial score (nSPS) is 14.7. The first-order chi connectivity index (χ1) is 15.5. The second-order valence-corrected chi connectivity index (χ2v) is 8.10. The van der Waals surface area contributed by atoms with E-state index in [0.29, 0.717) is 6.54 Å². The van der Waals surface area contributed by atoms with E-state index in [2.05, 4.69) is 44.4 Å². The van der Waals surface area contributed by atoms with Crippen molar-refractivity contribution in [2.45, 2.75) is 39.8 Å². The molecule has 184 valence electrons. The Hall–Kier alpha value is -2.08. The lowest BCUT2D eigenvalue weighted by molar-refractivity contribution is 0.172. The van der Waals surface area contributed by atoms with Gasteiger partial charge in [0.25, 0.3) is 0 Å². The summed E-state index contributed by atoms with van der Waals surface area (Å²) in [7, 11) is 5.32. The molecule has 2 aromatic rings. The fraction of sp³-hybridized carbons (Fsp3) is 0.609. The summed E-state index contributed by atoms with van der Waals surface area (Å²) in [5.74, 6) is 4.28. The van der Waals surface area contributed by atoms with E-state index in [0.717, 1.165) is 81.2 Å². The number of aromatic nitrogens is 3. The van der Waals surface area contributed by atoms with E-state index in [9.17, 15) is 0 Å². The van der Waals surface area contributed by atoms with Crippen LogP contribution in [0.3, 0.4) is 0 Å². The monoisotopic (exact) mass is 571 g/mol. The molecule has 0 atom stereocenters. The Labute approximate surface area is 214 Å². The number of piperazine rings is 1. The maximum Gasteiger partial charge on any atom is 0.194 e. The van der Waals surface area contributed by atoms with Gasteiger partial charge in [0.1, 0.15) is 12.4 Å². The first-order valence-corrected chi connectivity index (χ1v) is 11.4. The molecule has 3 rings (SSSR count). The number of guanidine groups is 1.